The highest BCUT2D eigenvalue weighted by atomic mass is 32.2. The molecule has 8 heteroatoms. The number of nitrogens with one attached hydrogen (secondary N) is 1. The highest BCUT2D eigenvalue weighted by Crippen LogP contribution is 2.28. The van der Waals surface area contributed by atoms with Crippen LogP contribution in [0.4, 0.5) is 0 Å². The van der Waals surface area contributed by atoms with Crippen LogP contribution in [0, 0.1) is 5.92 Å². The predicted octanol–water partition coefficient (Wildman–Crippen LogP) is 4.30. The Hall–Kier alpha value is -3.00. The number of amides is 1. The molecule has 0 saturated heterocycles. The average Bonchev–Trinajstić information content (AvgIpc) is 2.81. The number of hydrogen-bond acceptors (Lipinski definition) is 6. The Labute approximate surface area is 204 Å². The molecule has 7 nitrogen and oxygen atoms in total. The van der Waals surface area contributed by atoms with Crippen molar-refractivity contribution in [2.24, 2.45) is 5.92 Å². The molecule has 1 heterocycles. The molecule has 0 aliphatic carbocycles. The Balaban J connectivity index is 1.61. The summed E-state index contributed by atoms with van der Waals surface area (Å²) in [5.41, 5.74) is 1.64. The molecule has 0 bridgehead atoms. The maximum Gasteiger partial charge on any atom is 0.262 e. The topological polar surface area (TPSA) is 82.5 Å². The van der Waals surface area contributed by atoms with Crippen LogP contribution in [0.3, 0.4) is 0 Å². The first-order chi connectivity index (χ1) is 16.4. The van der Waals surface area contributed by atoms with Gasteiger partial charge >= 0.3 is 0 Å². The molecule has 1 aromatic heterocycles. The van der Waals surface area contributed by atoms with Crippen molar-refractivity contribution >= 4 is 28.6 Å². The molecule has 1 amide bonds. The maximum atomic E-state index is 13.0. The number of para-hydroxylation sites is 1. The first-order valence-electron chi connectivity index (χ1n) is 11.7. The highest BCUT2D eigenvalue weighted by molar-refractivity contribution is 7.99. The summed E-state index contributed by atoms with van der Waals surface area (Å²) < 4.78 is 13.0. The van der Waals surface area contributed by atoms with Gasteiger partial charge in [-0.25, -0.2) is 4.98 Å². The Kier molecular flexibility index (Phi) is 9.39. The number of ether oxygens (including phenoxy) is 2. The van der Waals surface area contributed by atoms with Gasteiger partial charge in [0.05, 0.1) is 29.9 Å². The van der Waals surface area contributed by atoms with Crippen LogP contribution in [-0.4, -0.2) is 41.0 Å². The summed E-state index contributed by atoms with van der Waals surface area (Å²) in [5.74, 6) is 1.82. The molecule has 3 aromatic rings. The molecular formula is C26H33N3O4S. The second kappa shape index (κ2) is 12.5. The molecule has 34 heavy (non-hydrogen) atoms. The zero-order chi connectivity index (χ0) is 24.5. The Morgan fingerprint density at radius 2 is 1.82 bits per heavy atom. The van der Waals surface area contributed by atoms with Crippen LogP contribution in [0.5, 0.6) is 11.5 Å². The lowest BCUT2D eigenvalue weighted by Crippen LogP contribution is -2.29. The fraction of sp³-hybridized carbons (Fsp3) is 0.423. The van der Waals surface area contributed by atoms with Gasteiger partial charge in [-0.2, -0.15) is 0 Å². The van der Waals surface area contributed by atoms with Crippen LogP contribution >= 0.6 is 11.8 Å². The largest absolute Gasteiger partial charge is 0.490 e. The van der Waals surface area contributed by atoms with Crippen molar-refractivity contribution in [1.29, 1.82) is 0 Å². The number of thioether (sulfide) groups is 1. The molecule has 0 unspecified atom stereocenters. The monoisotopic (exact) mass is 483 g/mol. The first kappa shape index (κ1) is 25.6. The molecule has 1 N–H and O–H groups in total. The van der Waals surface area contributed by atoms with Crippen molar-refractivity contribution in [1.82, 2.24) is 14.9 Å². The minimum Gasteiger partial charge on any atom is -0.490 e. The summed E-state index contributed by atoms with van der Waals surface area (Å²) in [6.45, 7) is 10.2. The summed E-state index contributed by atoms with van der Waals surface area (Å²) in [5, 5.41) is 4.12. The number of aromatic nitrogens is 2. The van der Waals surface area contributed by atoms with Crippen LogP contribution in [0.15, 0.2) is 52.4 Å². The number of carbonyl (C=O) groups is 1. The Morgan fingerprint density at radius 3 is 2.56 bits per heavy atom. The third-order valence-electron chi connectivity index (χ3n) is 5.05. The molecule has 0 aliphatic heterocycles. The van der Waals surface area contributed by atoms with E-state index in [0.29, 0.717) is 54.5 Å². The van der Waals surface area contributed by atoms with E-state index in [1.807, 2.05) is 50.2 Å². The molecule has 0 spiro atoms. The zero-order valence-electron chi connectivity index (χ0n) is 20.3. The highest BCUT2D eigenvalue weighted by Gasteiger charge is 2.14. The zero-order valence-corrected chi connectivity index (χ0v) is 21.1. The van der Waals surface area contributed by atoms with Gasteiger partial charge in [-0.15, -0.1) is 0 Å². The van der Waals surface area contributed by atoms with Crippen LogP contribution in [0.1, 0.15) is 33.3 Å². The minimum atomic E-state index is -0.0977. The van der Waals surface area contributed by atoms with Crippen molar-refractivity contribution < 1.29 is 14.3 Å². The molecule has 0 fully saturated rings. The molecular weight excluding hydrogens is 450 g/mol. The van der Waals surface area contributed by atoms with Gasteiger partial charge in [0.2, 0.25) is 5.91 Å². The third-order valence-corrected chi connectivity index (χ3v) is 6.03. The van der Waals surface area contributed by atoms with Crippen LogP contribution in [-0.2, 0) is 17.8 Å². The van der Waals surface area contributed by atoms with Crippen molar-refractivity contribution in [3.63, 3.8) is 0 Å². The Morgan fingerprint density at radius 1 is 1.09 bits per heavy atom. The summed E-state index contributed by atoms with van der Waals surface area (Å²) >= 11 is 1.29. The van der Waals surface area contributed by atoms with Gasteiger partial charge in [-0.1, -0.05) is 43.8 Å². The number of fused-ring (bicyclic) bond motifs is 1. The van der Waals surface area contributed by atoms with Gasteiger partial charge in [0.1, 0.15) is 0 Å². The average molecular weight is 484 g/mol. The van der Waals surface area contributed by atoms with E-state index in [1.165, 1.54) is 11.8 Å². The molecule has 0 aliphatic rings. The van der Waals surface area contributed by atoms with E-state index >= 15 is 0 Å². The van der Waals surface area contributed by atoms with Crippen LogP contribution in [0.25, 0.3) is 10.9 Å². The van der Waals surface area contributed by atoms with E-state index in [2.05, 4.69) is 24.1 Å². The standard InChI is InChI=1S/C26H33N3O4S/c1-5-32-22-12-11-19(15-23(22)33-6-2)13-14-27-24(30)17-34-26-28-21-10-8-7-9-20(21)25(31)29(26)16-18(3)4/h7-12,15,18H,5-6,13-14,16-17H2,1-4H3,(H,27,30). The number of carbonyl (C=O) groups excluding carboxylic acids is 1. The first-order valence-corrected chi connectivity index (χ1v) is 12.7. The van der Waals surface area contributed by atoms with Crippen molar-refractivity contribution in [2.45, 2.75) is 45.8 Å². The SMILES string of the molecule is CCOc1ccc(CCNC(=O)CSc2nc3ccccc3c(=O)n2CC(C)C)cc1OCC. The number of rotatable bonds is 12. The van der Waals surface area contributed by atoms with E-state index in [9.17, 15) is 9.59 Å². The van der Waals surface area contributed by atoms with E-state index in [0.717, 1.165) is 11.3 Å². The molecule has 3 rings (SSSR count). The number of hydrogen-bond donors (Lipinski definition) is 1. The van der Waals surface area contributed by atoms with Crippen LogP contribution < -0.4 is 20.3 Å². The van der Waals surface area contributed by atoms with E-state index < -0.39 is 0 Å². The van der Waals surface area contributed by atoms with E-state index in [1.54, 1.807) is 10.6 Å². The predicted molar refractivity (Wildman–Crippen MR) is 137 cm³/mol. The number of nitrogens with zero attached hydrogens (tertiary/aromatic N) is 2. The van der Waals surface area contributed by atoms with Gasteiger partial charge in [0.25, 0.3) is 5.56 Å². The lowest BCUT2D eigenvalue weighted by molar-refractivity contribution is -0.118. The summed E-state index contributed by atoms with van der Waals surface area (Å²) in [6.07, 6.45) is 0.676. The van der Waals surface area contributed by atoms with Gasteiger partial charge in [0, 0.05) is 13.1 Å². The summed E-state index contributed by atoms with van der Waals surface area (Å²) in [6, 6.07) is 13.2. The van der Waals surface area contributed by atoms with E-state index in [-0.39, 0.29) is 23.1 Å². The second-order valence-corrected chi connectivity index (χ2v) is 9.20. The van der Waals surface area contributed by atoms with Gasteiger partial charge in [-0.3, -0.25) is 14.2 Å². The minimum absolute atomic E-state index is 0.0668. The lowest BCUT2D eigenvalue weighted by Gasteiger charge is -2.15. The van der Waals surface area contributed by atoms with Gasteiger partial charge < -0.3 is 14.8 Å². The molecule has 2 aromatic carbocycles. The summed E-state index contributed by atoms with van der Waals surface area (Å²) in [4.78, 5) is 30.2. The van der Waals surface area contributed by atoms with Gasteiger partial charge in [0.15, 0.2) is 16.7 Å². The van der Waals surface area contributed by atoms with Crippen molar-refractivity contribution in [2.75, 3.05) is 25.5 Å². The number of benzene rings is 2. The second-order valence-electron chi connectivity index (χ2n) is 8.26. The fourth-order valence-electron chi connectivity index (χ4n) is 3.56. The molecule has 0 atom stereocenters. The quantitative estimate of drug-likeness (QED) is 0.306. The summed E-state index contributed by atoms with van der Waals surface area (Å²) in [7, 11) is 0. The maximum absolute atomic E-state index is 13.0. The fourth-order valence-corrected chi connectivity index (χ4v) is 4.40. The molecule has 0 radical (unpaired) electrons. The normalized spacial score (nSPS) is 11.1. The Bertz CT molecular complexity index is 1180. The molecule has 182 valence electrons. The van der Waals surface area contributed by atoms with E-state index in [4.69, 9.17) is 9.47 Å². The third kappa shape index (κ3) is 6.76. The molecule has 0 saturated carbocycles. The van der Waals surface area contributed by atoms with Gasteiger partial charge in [-0.05, 0) is 56.0 Å². The smallest absolute Gasteiger partial charge is 0.262 e. The van der Waals surface area contributed by atoms with Crippen LogP contribution in [0.2, 0.25) is 0 Å². The van der Waals surface area contributed by atoms with Crippen molar-refractivity contribution in [3.8, 4) is 11.5 Å². The lowest BCUT2D eigenvalue weighted by atomic mass is 10.1. The van der Waals surface area contributed by atoms with Crippen molar-refractivity contribution in [3.05, 3.63) is 58.4 Å².